The summed E-state index contributed by atoms with van der Waals surface area (Å²) in [5.41, 5.74) is 0.104. The average Bonchev–Trinajstić information content (AvgIpc) is 2.79. The lowest BCUT2D eigenvalue weighted by molar-refractivity contribution is -0.0443. The normalized spacial score (nSPS) is 17.4. The van der Waals surface area contributed by atoms with Crippen molar-refractivity contribution in [1.82, 2.24) is 0 Å². The van der Waals surface area contributed by atoms with Crippen molar-refractivity contribution in [2.45, 2.75) is 25.7 Å². The second-order valence-corrected chi connectivity index (χ2v) is 4.75. The van der Waals surface area contributed by atoms with Crippen LogP contribution in [-0.4, -0.2) is 30.5 Å². The van der Waals surface area contributed by atoms with Crippen LogP contribution in [0.1, 0.15) is 25.7 Å². The average molecular weight is 238 g/mol. The molecule has 4 nitrogen and oxygen atoms in total. The molecule has 1 aliphatic rings. The molecule has 0 atom stereocenters. The Hall–Kier alpha value is -1.10. The number of ether oxygens (including phenoxy) is 3. The fourth-order valence-corrected chi connectivity index (χ4v) is 1.56. The molecule has 17 heavy (non-hydrogen) atoms. The summed E-state index contributed by atoms with van der Waals surface area (Å²) >= 11 is 0. The van der Waals surface area contributed by atoms with Gasteiger partial charge in [0.25, 0.3) is 0 Å². The molecule has 4 heteroatoms. The summed E-state index contributed by atoms with van der Waals surface area (Å²) in [6.07, 6.45) is -0.291. The third kappa shape index (κ3) is 3.70. The first-order valence-corrected chi connectivity index (χ1v) is 5.73. The molecule has 1 aromatic rings. The summed E-state index contributed by atoms with van der Waals surface area (Å²) in [7, 11) is 0. The minimum atomic E-state index is -0.837. The molecule has 0 spiro atoms. The Morgan fingerprint density at radius 1 is 1.35 bits per heavy atom. The van der Waals surface area contributed by atoms with Crippen LogP contribution in [0.3, 0.4) is 0 Å². The van der Waals surface area contributed by atoms with E-state index in [4.69, 9.17) is 14.2 Å². The molecule has 0 bridgehead atoms. The lowest BCUT2D eigenvalue weighted by Gasteiger charge is -2.18. The minimum absolute atomic E-state index is 0.253. The van der Waals surface area contributed by atoms with E-state index < -0.39 is 5.60 Å². The molecule has 1 aliphatic heterocycles. The SMILES string of the molecule is CC(C)(O)COc1cccc(C2OCCO2)c1. The molecular formula is C13H18O4. The van der Waals surface area contributed by atoms with E-state index >= 15 is 0 Å². The van der Waals surface area contributed by atoms with Gasteiger partial charge in [-0.2, -0.15) is 0 Å². The number of benzene rings is 1. The van der Waals surface area contributed by atoms with Crippen LogP contribution < -0.4 is 4.74 Å². The van der Waals surface area contributed by atoms with Gasteiger partial charge in [-0.05, 0) is 26.0 Å². The van der Waals surface area contributed by atoms with Gasteiger partial charge in [0.1, 0.15) is 12.4 Å². The summed E-state index contributed by atoms with van der Waals surface area (Å²) in [4.78, 5) is 0. The van der Waals surface area contributed by atoms with Crippen LogP contribution in [0, 0.1) is 0 Å². The van der Waals surface area contributed by atoms with E-state index in [-0.39, 0.29) is 12.9 Å². The third-order valence-corrected chi connectivity index (χ3v) is 2.34. The van der Waals surface area contributed by atoms with E-state index in [1.807, 2.05) is 24.3 Å². The number of rotatable bonds is 4. The van der Waals surface area contributed by atoms with Gasteiger partial charge in [-0.15, -0.1) is 0 Å². The zero-order chi connectivity index (χ0) is 12.3. The second kappa shape index (κ2) is 5.04. The van der Waals surface area contributed by atoms with Crippen molar-refractivity contribution < 1.29 is 19.3 Å². The van der Waals surface area contributed by atoms with E-state index in [1.54, 1.807) is 13.8 Å². The Bertz CT molecular complexity index is 364. The van der Waals surface area contributed by atoms with Crippen molar-refractivity contribution in [1.29, 1.82) is 0 Å². The molecule has 1 heterocycles. The van der Waals surface area contributed by atoms with Gasteiger partial charge in [-0.3, -0.25) is 0 Å². The molecule has 0 saturated carbocycles. The molecule has 0 radical (unpaired) electrons. The van der Waals surface area contributed by atoms with E-state index in [9.17, 15) is 5.11 Å². The van der Waals surface area contributed by atoms with Crippen LogP contribution in [0.15, 0.2) is 24.3 Å². The molecule has 1 N–H and O–H groups in total. The summed E-state index contributed by atoms with van der Waals surface area (Å²) < 4.78 is 16.3. The highest BCUT2D eigenvalue weighted by atomic mass is 16.7. The van der Waals surface area contributed by atoms with Crippen LogP contribution >= 0.6 is 0 Å². The maximum absolute atomic E-state index is 9.59. The summed E-state index contributed by atoms with van der Waals surface area (Å²) in [5, 5.41) is 9.59. The lowest BCUT2D eigenvalue weighted by atomic mass is 10.1. The van der Waals surface area contributed by atoms with Gasteiger partial charge >= 0.3 is 0 Å². The van der Waals surface area contributed by atoms with Crippen molar-refractivity contribution >= 4 is 0 Å². The van der Waals surface area contributed by atoms with Gasteiger partial charge in [0.05, 0.1) is 18.8 Å². The Balaban J connectivity index is 2.01. The first-order chi connectivity index (χ1) is 8.04. The maximum Gasteiger partial charge on any atom is 0.184 e. The number of hydrogen-bond acceptors (Lipinski definition) is 4. The topological polar surface area (TPSA) is 47.9 Å². The highest BCUT2D eigenvalue weighted by Crippen LogP contribution is 2.26. The van der Waals surface area contributed by atoms with Crippen LogP contribution in [0.2, 0.25) is 0 Å². The fraction of sp³-hybridized carbons (Fsp3) is 0.538. The van der Waals surface area contributed by atoms with Crippen molar-refractivity contribution in [3.8, 4) is 5.75 Å². The Morgan fingerprint density at radius 2 is 2.06 bits per heavy atom. The Kier molecular flexibility index (Phi) is 3.66. The smallest absolute Gasteiger partial charge is 0.184 e. The first-order valence-electron chi connectivity index (χ1n) is 5.73. The molecule has 0 unspecified atom stereocenters. The fourth-order valence-electron chi connectivity index (χ4n) is 1.56. The Morgan fingerprint density at radius 3 is 2.71 bits per heavy atom. The molecule has 0 aromatic heterocycles. The van der Waals surface area contributed by atoms with Gasteiger partial charge in [0, 0.05) is 5.56 Å². The first kappa shape index (κ1) is 12.4. The molecule has 2 rings (SSSR count). The molecule has 0 amide bonds. The van der Waals surface area contributed by atoms with Crippen LogP contribution in [-0.2, 0) is 9.47 Å². The third-order valence-electron chi connectivity index (χ3n) is 2.34. The molecule has 94 valence electrons. The van der Waals surface area contributed by atoms with Gasteiger partial charge in [0.2, 0.25) is 0 Å². The minimum Gasteiger partial charge on any atom is -0.491 e. The second-order valence-electron chi connectivity index (χ2n) is 4.75. The van der Waals surface area contributed by atoms with E-state index in [2.05, 4.69) is 0 Å². The molecule has 1 fully saturated rings. The van der Waals surface area contributed by atoms with Crippen molar-refractivity contribution in [2.24, 2.45) is 0 Å². The summed E-state index contributed by atoms with van der Waals surface area (Å²) in [6.45, 7) is 4.92. The standard InChI is InChI=1S/C13H18O4/c1-13(2,14)9-17-11-5-3-4-10(8-11)12-15-6-7-16-12/h3-5,8,12,14H,6-7,9H2,1-2H3. The largest absolute Gasteiger partial charge is 0.491 e. The summed E-state index contributed by atoms with van der Waals surface area (Å²) in [5.74, 6) is 0.712. The zero-order valence-electron chi connectivity index (χ0n) is 10.2. The quantitative estimate of drug-likeness (QED) is 0.870. The van der Waals surface area contributed by atoms with Gasteiger partial charge in [-0.25, -0.2) is 0 Å². The molecular weight excluding hydrogens is 220 g/mol. The monoisotopic (exact) mass is 238 g/mol. The van der Waals surface area contributed by atoms with E-state index in [0.717, 1.165) is 5.56 Å². The van der Waals surface area contributed by atoms with Crippen LogP contribution in [0.5, 0.6) is 5.75 Å². The predicted molar refractivity (Wildman–Crippen MR) is 62.9 cm³/mol. The number of hydrogen-bond donors (Lipinski definition) is 1. The zero-order valence-corrected chi connectivity index (χ0v) is 10.2. The van der Waals surface area contributed by atoms with E-state index in [0.29, 0.717) is 19.0 Å². The van der Waals surface area contributed by atoms with Gasteiger partial charge in [-0.1, -0.05) is 12.1 Å². The van der Waals surface area contributed by atoms with Gasteiger partial charge in [0.15, 0.2) is 6.29 Å². The van der Waals surface area contributed by atoms with Gasteiger partial charge < -0.3 is 19.3 Å². The lowest BCUT2D eigenvalue weighted by Crippen LogP contribution is -2.27. The van der Waals surface area contributed by atoms with E-state index in [1.165, 1.54) is 0 Å². The maximum atomic E-state index is 9.59. The Labute approximate surface area is 101 Å². The van der Waals surface area contributed by atoms with Crippen LogP contribution in [0.4, 0.5) is 0 Å². The molecule has 0 aliphatic carbocycles. The highest BCUT2D eigenvalue weighted by molar-refractivity contribution is 5.29. The van der Waals surface area contributed by atoms with Crippen LogP contribution in [0.25, 0.3) is 0 Å². The van der Waals surface area contributed by atoms with Crippen molar-refractivity contribution in [2.75, 3.05) is 19.8 Å². The predicted octanol–water partition coefficient (Wildman–Crippen LogP) is 1.88. The summed E-state index contributed by atoms with van der Waals surface area (Å²) in [6, 6.07) is 7.55. The highest BCUT2D eigenvalue weighted by Gasteiger charge is 2.19. The molecule has 1 saturated heterocycles. The van der Waals surface area contributed by atoms with Crippen molar-refractivity contribution in [3.05, 3.63) is 29.8 Å². The molecule has 1 aromatic carbocycles. The number of aliphatic hydroxyl groups is 1. The van der Waals surface area contributed by atoms with Crippen molar-refractivity contribution in [3.63, 3.8) is 0 Å².